The summed E-state index contributed by atoms with van der Waals surface area (Å²) in [5.74, 6) is -0.698. The fraction of sp³-hybridized carbons (Fsp3) is 0.167. The van der Waals surface area contributed by atoms with Crippen LogP contribution >= 0.6 is 0 Å². The van der Waals surface area contributed by atoms with Gasteiger partial charge in [0.15, 0.2) is 5.71 Å². The molecule has 3 rings (SSSR count). The number of hydrogen-bond donors (Lipinski definition) is 0. The van der Waals surface area contributed by atoms with Gasteiger partial charge < -0.3 is 4.74 Å². The summed E-state index contributed by atoms with van der Waals surface area (Å²) in [7, 11) is -3.99. The van der Waals surface area contributed by atoms with Crippen LogP contribution in [-0.2, 0) is 19.6 Å². The number of aryl methyl sites for hydroxylation is 1. The smallest absolute Gasteiger partial charge is 0.359 e. The zero-order valence-corrected chi connectivity index (χ0v) is 14.6. The van der Waals surface area contributed by atoms with Crippen molar-refractivity contribution in [3.8, 4) is 0 Å². The molecule has 0 N–H and O–H groups in total. The van der Waals surface area contributed by atoms with Gasteiger partial charge in [0, 0.05) is 5.56 Å². The Balaban J connectivity index is 2.11. The first-order valence-corrected chi connectivity index (χ1v) is 9.13. The summed E-state index contributed by atoms with van der Waals surface area (Å²) in [5, 5.41) is 0. The molecule has 0 aliphatic carbocycles. The van der Waals surface area contributed by atoms with E-state index in [1.807, 2.05) is 6.92 Å². The Bertz CT molecular complexity index is 990. The van der Waals surface area contributed by atoms with Gasteiger partial charge in [-0.2, -0.15) is 12.8 Å². The van der Waals surface area contributed by atoms with E-state index in [9.17, 15) is 13.2 Å². The van der Waals surface area contributed by atoms with Crippen molar-refractivity contribution in [2.24, 2.45) is 9.39 Å². The summed E-state index contributed by atoms with van der Waals surface area (Å²) in [4.78, 5) is 16.4. The molecule has 0 amide bonds. The number of esters is 1. The highest BCUT2D eigenvalue weighted by Crippen LogP contribution is 2.28. The Morgan fingerprint density at radius 2 is 1.80 bits per heavy atom. The fourth-order valence-electron chi connectivity index (χ4n) is 2.39. The largest absolute Gasteiger partial charge is 0.461 e. The molecule has 0 aromatic heterocycles. The van der Waals surface area contributed by atoms with Gasteiger partial charge in [0.05, 0.1) is 17.2 Å². The van der Waals surface area contributed by atoms with Crippen LogP contribution in [0.1, 0.15) is 18.1 Å². The molecule has 1 heterocycles. The van der Waals surface area contributed by atoms with Crippen LogP contribution in [-0.4, -0.2) is 32.4 Å². The highest BCUT2D eigenvalue weighted by Gasteiger charge is 2.31. The van der Waals surface area contributed by atoms with E-state index in [0.29, 0.717) is 11.3 Å². The minimum atomic E-state index is -3.99. The molecule has 2 aromatic carbocycles. The minimum absolute atomic E-state index is 0.00891. The number of aliphatic imine (C=N–C) groups is 1. The van der Waals surface area contributed by atoms with Gasteiger partial charge in [-0.1, -0.05) is 35.9 Å². The summed E-state index contributed by atoms with van der Waals surface area (Å²) in [6, 6.07) is 13.2. The van der Waals surface area contributed by atoms with Crippen molar-refractivity contribution in [3.05, 3.63) is 59.7 Å². The zero-order valence-electron chi connectivity index (χ0n) is 13.8. The summed E-state index contributed by atoms with van der Waals surface area (Å²) in [6.07, 6.45) is 0. The van der Waals surface area contributed by atoms with Gasteiger partial charge in [-0.3, -0.25) is 0 Å². The summed E-state index contributed by atoms with van der Waals surface area (Å²) in [6.45, 7) is 3.69. The highest BCUT2D eigenvalue weighted by molar-refractivity contribution is 7.90. The molecule has 0 radical (unpaired) electrons. The van der Waals surface area contributed by atoms with E-state index in [1.54, 1.807) is 43.3 Å². The number of sulfonamides is 1. The van der Waals surface area contributed by atoms with E-state index < -0.39 is 16.0 Å². The molecule has 128 valence electrons. The van der Waals surface area contributed by atoms with Crippen LogP contribution in [0.3, 0.4) is 0 Å². The van der Waals surface area contributed by atoms with Crippen LogP contribution in [0.25, 0.3) is 0 Å². The predicted molar refractivity (Wildman–Crippen MR) is 95.1 cm³/mol. The van der Waals surface area contributed by atoms with Crippen LogP contribution in [0.5, 0.6) is 0 Å². The van der Waals surface area contributed by atoms with Gasteiger partial charge in [0.1, 0.15) is 5.71 Å². The van der Waals surface area contributed by atoms with Crippen molar-refractivity contribution < 1.29 is 17.9 Å². The molecular formula is C18H16N2O4S. The van der Waals surface area contributed by atoms with Gasteiger partial charge in [-0.25, -0.2) is 9.79 Å². The average Bonchev–Trinajstić information content (AvgIpc) is 2.94. The number of carbonyl (C=O) groups excluding carboxylic acids is 1. The van der Waals surface area contributed by atoms with Crippen molar-refractivity contribution >= 4 is 33.1 Å². The van der Waals surface area contributed by atoms with Gasteiger partial charge >= 0.3 is 5.97 Å². The maximum atomic E-state index is 12.6. The number of ether oxygens (including phenoxy) is 1. The van der Waals surface area contributed by atoms with Crippen LogP contribution in [0.2, 0.25) is 0 Å². The van der Waals surface area contributed by atoms with Crippen molar-refractivity contribution in [2.75, 3.05) is 6.61 Å². The number of fused-ring (bicyclic) bond motifs is 1. The number of benzene rings is 2. The first-order chi connectivity index (χ1) is 11.9. The highest BCUT2D eigenvalue weighted by atomic mass is 32.2. The lowest BCUT2D eigenvalue weighted by Gasteiger charge is -2.05. The number of nitrogens with zero attached hydrogens (tertiary/aromatic N) is 2. The molecule has 0 bridgehead atoms. The number of carbonyl (C=O) groups is 1. The molecule has 0 spiro atoms. The van der Waals surface area contributed by atoms with E-state index in [0.717, 1.165) is 5.56 Å². The third kappa shape index (κ3) is 3.36. The molecule has 7 heteroatoms. The average molecular weight is 356 g/mol. The Morgan fingerprint density at radius 1 is 1.12 bits per heavy atom. The summed E-state index contributed by atoms with van der Waals surface area (Å²) >= 11 is 0. The standard InChI is InChI=1S/C18H16N2O4S/c1-3-24-18(21)17-16(14-6-4-5-7-15(14)19-17)20-25(22,23)13-10-8-12(2)9-11-13/h4-11H,3H2,1-2H3/b20-16+. The second kappa shape index (κ2) is 6.60. The molecule has 6 nitrogen and oxygen atoms in total. The molecule has 0 unspecified atom stereocenters. The van der Waals surface area contributed by atoms with E-state index >= 15 is 0 Å². The number of hydrogen-bond acceptors (Lipinski definition) is 5. The molecular weight excluding hydrogens is 340 g/mol. The van der Waals surface area contributed by atoms with E-state index in [-0.39, 0.29) is 22.9 Å². The van der Waals surface area contributed by atoms with Crippen LogP contribution in [0, 0.1) is 6.92 Å². The van der Waals surface area contributed by atoms with Crippen LogP contribution < -0.4 is 0 Å². The molecule has 0 atom stereocenters. The maximum absolute atomic E-state index is 12.6. The SMILES string of the molecule is CCOC(=O)C1=Nc2ccccc2/C1=N\S(=O)(=O)c1ccc(C)cc1. The lowest BCUT2D eigenvalue weighted by molar-refractivity contribution is -0.134. The Hall–Kier alpha value is -2.80. The Labute approximate surface area is 145 Å². The van der Waals surface area contributed by atoms with Crippen molar-refractivity contribution in [3.63, 3.8) is 0 Å². The van der Waals surface area contributed by atoms with Crippen LogP contribution in [0.15, 0.2) is 62.8 Å². The van der Waals surface area contributed by atoms with E-state index in [1.165, 1.54) is 12.1 Å². The number of rotatable bonds is 4. The minimum Gasteiger partial charge on any atom is -0.461 e. The summed E-state index contributed by atoms with van der Waals surface area (Å²) < 4.78 is 34.2. The molecule has 1 aliphatic heterocycles. The monoisotopic (exact) mass is 356 g/mol. The molecule has 25 heavy (non-hydrogen) atoms. The Morgan fingerprint density at radius 3 is 2.48 bits per heavy atom. The van der Waals surface area contributed by atoms with Crippen molar-refractivity contribution in [2.45, 2.75) is 18.7 Å². The molecule has 0 saturated carbocycles. The van der Waals surface area contributed by atoms with E-state index in [2.05, 4.69) is 9.39 Å². The van der Waals surface area contributed by atoms with Crippen molar-refractivity contribution in [1.82, 2.24) is 0 Å². The number of para-hydroxylation sites is 1. The van der Waals surface area contributed by atoms with E-state index in [4.69, 9.17) is 4.74 Å². The maximum Gasteiger partial charge on any atom is 0.359 e. The predicted octanol–water partition coefficient (Wildman–Crippen LogP) is 2.82. The van der Waals surface area contributed by atoms with Crippen LogP contribution in [0.4, 0.5) is 5.69 Å². The second-order valence-corrected chi connectivity index (χ2v) is 7.03. The van der Waals surface area contributed by atoms with Gasteiger partial charge in [-0.15, -0.1) is 0 Å². The zero-order chi connectivity index (χ0) is 18.0. The second-order valence-electron chi connectivity index (χ2n) is 5.43. The lowest BCUT2D eigenvalue weighted by atomic mass is 10.1. The molecule has 1 aliphatic rings. The third-order valence-electron chi connectivity index (χ3n) is 3.61. The quantitative estimate of drug-likeness (QED) is 0.789. The van der Waals surface area contributed by atoms with Gasteiger partial charge in [0.25, 0.3) is 10.0 Å². The molecule has 2 aromatic rings. The molecule has 0 fully saturated rings. The molecule has 0 saturated heterocycles. The summed E-state index contributed by atoms with van der Waals surface area (Å²) in [5.41, 5.74) is 1.82. The first kappa shape index (κ1) is 17.0. The third-order valence-corrected chi connectivity index (χ3v) is 4.91. The first-order valence-electron chi connectivity index (χ1n) is 7.69. The van der Waals surface area contributed by atoms with Gasteiger partial charge in [0.2, 0.25) is 0 Å². The normalized spacial score (nSPS) is 15.0. The lowest BCUT2D eigenvalue weighted by Crippen LogP contribution is -2.25. The topological polar surface area (TPSA) is 85.2 Å². The Kier molecular flexibility index (Phi) is 4.50. The van der Waals surface area contributed by atoms with Gasteiger partial charge in [-0.05, 0) is 32.0 Å². The fourth-order valence-corrected chi connectivity index (χ4v) is 3.40. The van der Waals surface area contributed by atoms with Crippen molar-refractivity contribution in [1.29, 1.82) is 0 Å².